The fraction of sp³-hybridized carbons (Fsp3) is 0.421. The molecule has 0 fully saturated rings. The van der Waals surface area contributed by atoms with Crippen molar-refractivity contribution < 1.29 is 4.74 Å². The molecule has 2 aromatic heterocycles. The number of halogens is 2. The maximum absolute atomic E-state index is 5.38. The molecule has 3 aromatic rings. The molecular formula is C19H21Br2N5O. The van der Waals surface area contributed by atoms with E-state index in [2.05, 4.69) is 72.2 Å². The van der Waals surface area contributed by atoms with Crippen molar-refractivity contribution in [2.45, 2.75) is 32.7 Å². The van der Waals surface area contributed by atoms with Gasteiger partial charge in [0.2, 0.25) is 0 Å². The number of hydrogen-bond donors (Lipinski definition) is 0. The molecule has 1 aromatic carbocycles. The van der Waals surface area contributed by atoms with Crippen molar-refractivity contribution in [3.8, 4) is 0 Å². The lowest BCUT2D eigenvalue weighted by molar-refractivity contribution is 0.148. The number of nitrogens with zero attached hydrogens (tertiary/aromatic N) is 5. The molecular weight excluding hydrogens is 474 g/mol. The first-order valence-corrected chi connectivity index (χ1v) is 10.6. The van der Waals surface area contributed by atoms with Crippen molar-refractivity contribution in [3.05, 3.63) is 38.4 Å². The van der Waals surface area contributed by atoms with Gasteiger partial charge in [0, 0.05) is 28.3 Å². The monoisotopic (exact) mass is 493 g/mol. The molecule has 4 rings (SSSR count). The number of hydrogen-bond acceptors (Lipinski definition) is 5. The SMILES string of the molecule is CC[C@H](COC)n1nnc2c(N3CCc4cc(Br)cc(Br)c43)nc(C)cc21. The summed E-state index contributed by atoms with van der Waals surface area (Å²) in [6.07, 6.45) is 1.90. The van der Waals surface area contributed by atoms with E-state index in [-0.39, 0.29) is 6.04 Å². The third kappa shape index (κ3) is 3.28. The Balaban J connectivity index is 1.87. The van der Waals surface area contributed by atoms with Crippen molar-refractivity contribution in [2.24, 2.45) is 0 Å². The highest BCUT2D eigenvalue weighted by atomic mass is 79.9. The summed E-state index contributed by atoms with van der Waals surface area (Å²) in [5.41, 5.74) is 5.25. The van der Waals surface area contributed by atoms with E-state index in [9.17, 15) is 0 Å². The predicted octanol–water partition coefficient (Wildman–Crippen LogP) is 4.95. The van der Waals surface area contributed by atoms with Crippen molar-refractivity contribution in [3.63, 3.8) is 0 Å². The molecule has 0 bridgehead atoms. The molecule has 0 spiro atoms. The smallest absolute Gasteiger partial charge is 0.163 e. The van der Waals surface area contributed by atoms with Crippen LogP contribution in [0.5, 0.6) is 0 Å². The van der Waals surface area contributed by atoms with E-state index in [0.29, 0.717) is 6.61 Å². The average Bonchev–Trinajstić information content (AvgIpc) is 3.23. The Morgan fingerprint density at radius 1 is 1.26 bits per heavy atom. The number of aryl methyl sites for hydroxylation is 1. The number of rotatable bonds is 5. The minimum absolute atomic E-state index is 0.156. The molecule has 6 nitrogen and oxygen atoms in total. The van der Waals surface area contributed by atoms with E-state index in [1.54, 1.807) is 7.11 Å². The summed E-state index contributed by atoms with van der Waals surface area (Å²) in [5, 5.41) is 8.96. The van der Waals surface area contributed by atoms with Crippen molar-refractivity contribution in [1.29, 1.82) is 0 Å². The molecule has 0 amide bonds. The Bertz CT molecular complexity index is 1000. The van der Waals surface area contributed by atoms with Gasteiger partial charge in [-0.2, -0.15) is 0 Å². The van der Waals surface area contributed by atoms with E-state index in [1.807, 2.05) is 11.6 Å². The zero-order valence-corrected chi connectivity index (χ0v) is 18.7. The lowest BCUT2D eigenvalue weighted by Gasteiger charge is -2.21. The van der Waals surface area contributed by atoms with Gasteiger partial charge in [0.25, 0.3) is 0 Å². The highest BCUT2D eigenvalue weighted by Gasteiger charge is 2.28. The fourth-order valence-electron chi connectivity index (χ4n) is 3.72. The fourth-order valence-corrected chi connectivity index (χ4v) is 5.25. The van der Waals surface area contributed by atoms with Crippen LogP contribution in [0.3, 0.4) is 0 Å². The Morgan fingerprint density at radius 3 is 2.81 bits per heavy atom. The summed E-state index contributed by atoms with van der Waals surface area (Å²) < 4.78 is 9.48. The van der Waals surface area contributed by atoms with Crippen LogP contribution in [0, 0.1) is 6.92 Å². The van der Waals surface area contributed by atoms with Gasteiger partial charge < -0.3 is 9.64 Å². The molecule has 0 saturated carbocycles. The second-order valence-electron chi connectivity index (χ2n) is 6.80. The summed E-state index contributed by atoms with van der Waals surface area (Å²) in [6.45, 7) is 5.64. The van der Waals surface area contributed by atoms with Crippen molar-refractivity contribution in [1.82, 2.24) is 20.0 Å². The Hall–Kier alpha value is -1.51. The molecule has 8 heteroatoms. The first-order chi connectivity index (χ1) is 13.0. The highest BCUT2D eigenvalue weighted by molar-refractivity contribution is 9.11. The van der Waals surface area contributed by atoms with Crippen molar-refractivity contribution >= 4 is 54.4 Å². The van der Waals surface area contributed by atoms with Gasteiger partial charge in [0.15, 0.2) is 11.3 Å². The highest BCUT2D eigenvalue weighted by Crippen LogP contribution is 2.43. The van der Waals surface area contributed by atoms with Gasteiger partial charge in [-0.3, -0.25) is 0 Å². The quantitative estimate of drug-likeness (QED) is 0.502. The van der Waals surface area contributed by atoms with E-state index < -0.39 is 0 Å². The van der Waals surface area contributed by atoms with Gasteiger partial charge >= 0.3 is 0 Å². The van der Waals surface area contributed by atoms with Crippen LogP contribution in [-0.4, -0.2) is 40.2 Å². The molecule has 0 aliphatic carbocycles. The maximum atomic E-state index is 5.38. The number of methoxy groups -OCH3 is 1. The number of anilines is 2. The van der Waals surface area contributed by atoms with Crippen LogP contribution in [-0.2, 0) is 11.2 Å². The zero-order valence-electron chi connectivity index (χ0n) is 15.5. The largest absolute Gasteiger partial charge is 0.382 e. The van der Waals surface area contributed by atoms with Crippen LogP contribution in [0.4, 0.5) is 11.5 Å². The first-order valence-electron chi connectivity index (χ1n) is 9.00. The molecule has 3 heterocycles. The molecule has 1 atom stereocenters. The summed E-state index contributed by atoms with van der Waals surface area (Å²) in [5.74, 6) is 0.866. The molecule has 0 unspecified atom stereocenters. The number of benzene rings is 1. The normalized spacial score (nSPS) is 14.8. The van der Waals surface area contributed by atoms with Crippen LogP contribution < -0.4 is 4.90 Å². The second kappa shape index (κ2) is 7.48. The second-order valence-corrected chi connectivity index (χ2v) is 8.57. The molecule has 142 valence electrons. The molecule has 1 aliphatic rings. The van der Waals surface area contributed by atoms with Gasteiger partial charge in [-0.05, 0) is 59.5 Å². The van der Waals surface area contributed by atoms with Crippen LogP contribution in [0.15, 0.2) is 27.1 Å². The first kappa shape index (κ1) is 18.8. The summed E-state index contributed by atoms with van der Waals surface area (Å²) in [4.78, 5) is 7.08. The minimum atomic E-state index is 0.156. The zero-order chi connectivity index (χ0) is 19.1. The minimum Gasteiger partial charge on any atom is -0.382 e. The lowest BCUT2D eigenvalue weighted by atomic mass is 10.2. The Morgan fingerprint density at radius 2 is 2.07 bits per heavy atom. The molecule has 0 saturated heterocycles. The van der Waals surface area contributed by atoms with E-state index >= 15 is 0 Å². The molecule has 0 N–H and O–H groups in total. The van der Waals surface area contributed by atoms with Gasteiger partial charge in [-0.1, -0.05) is 28.1 Å². The van der Waals surface area contributed by atoms with Gasteiger partial charge in [0.05, 0.1) is 23.9 Å². The predicted molar refractivity (Wildman–Crippen MR) is 114 cm³/mol. The molecule has 27 heavy (non-hydrogen) atoms. The van der Waals surface area contributed by atoms with E-state index in [4.69, 9.17) is 9.72 Å². The lowest BCUT2D eigenvalue weighted by Crippen LogP contribution is -2.17. The van der Waals surface area contributed by atoms with E-state index in [1.165, 1.54) is 5.56 Å². The number of ether oxygens (including phenoxy) is 1. The van der Waals surface area contributed by atoms with Crippen LogP contribution in [0.2, 0.25) is 0 Å². The Kier molecular flexibility index (Phi) is 5.22. The maximum Gasteiger partial charge on any atom is 0.163 e. The number of fused-ring (bicyclic) bond motifs is 2. The number of aromatic nitrogens is 4. The van der Waals surface area contributed by atoms with E-state index in [0.717, 1.165) is 56.6 Å². The topological polar surface area (TPSA) is 56.1 Å². The summed E-state index contributed by atoms with van der Waals surface area (Å²) in [6, 6.07) is 6.47. The third-order valence-electron chi connectivity index (χ3n) is 4.98. The van der Waals surface area contributed by atoms with Crippen molar-refractivity contribution in [2.75, 3.05) is 25.2 Å². The van der Waals surface area contributed by atoms with Gasteiger partial charge in [-0.25, -0.2) is 9.67 Å². The summed E-state index contributed by atoms with van der Waals surface area (Å²) >= 11 is 7.30. The van der Waals surface area contributed by atoms with Gasteiger partial charge in [-0.15, -0.1) is 5.10 Å². The molecule has 1 aliphatic heterocycles. The average molecular weight is 495 g/mol. The standard InChI is InChI=1S/C19H21Br2N5O/c1-4-14(10-27-3)26-16-7-11(2)22-19(17(16)23-24-26)25-6-5-12-8-13(20)9-15(21)18(12)25/h7-9,14H,4-6,10H2,1-3H3/t14-/m1/s1. The van der Waals surface area contributed by atoms with Crippen LogP contribution in [0.25, 0.3) is 11.0 Å². The number of pyridine rings is 1. The Labute approximate surface area is 175 Å². The summed E-state index contributed by atoms with van der Waals surface area (Å²) in [7, 11) is 1.72. The third-order valence-corrected chi connectivity index (χ3v) is 6.05. The van der Waals surface area contributed by atoms with Gasteiger partial charge in [0.1, 0.15) is 0 Å². The molecule has 0 radical (unpaired) electrons. The van der Waals surface area contributed by atoms with Crippen LogP contribution >= 0.6 is 31.9 Å². The van der Waals surface area contributed by atoms with Crippen LogP contribution in [0.1, 0.15) is 30.6 Å².